The van der Waals surface area contributed by atoms with Gasteiger partial charge < -0.3 is 10.2 Å². The van der Waals surface area contributed by atoms with E-state index in [1.807, 2.05) is 11.9 Å². The second-order valence-electron chi connectivity index (χ2n) is 6.73. The van der Waals surface area contributed by atoms with Gasteiger partial charge in [0, 0.05) is 32.1 Å². The highest BCUT2D eigenvalue weighted by Gasteiger charge is 2.33. The number of piperidine rings is 2. The van der Waals surface area contributed by atoms with E-state index in [-0.39, 0.29) is 30.0 Å². The summed E-state index contributed by atoms with van der Waals surface area (Å²) in [4.78, 5) is 14.6. The van der Waals surface area contributed by atoms with Crippen molar-refractivity contribution in [2.45, 2.75) is 39.0 Å². The van der Waals surface area contributed by atoms with E-state index in [0.29, 0.717) is 25.9 Å². The van der Waals surface area contributed by atoms with E-state index in [1.165, 1.54) is 6.42 Å². The zero-order valence-electron chi connectivity index (χ0n) is 14.9. The number of nitrogens with zero attached hydrogens (tertiary/aromatic N) is 2. The van der Waals surface area contributed by atoms with E-state index in [2.05, 4.69) is 5.32 Å². The second-order valence-corrected chi connectivity index (χ2v) is 8.99. The molecule has 2 aliphatic heterocycles. The predicted octanol–water partition coefficient (Wildman–Crippen LogP) is 1.32. The molecule has 24 heavy (non-hydrogen) atoms. The van der Waals surface area contributed by atoms with Gasteiger partial charge in [-0.25, -0.2) is 12.7 Å². The number of rotatable bonds is 6. The minimum atomic E-state index is -3.11. The minimum Gasteiger partial charge on any atom is -0.342 e. The van der Waals surface area contributed by atoms with Crippen molar-refractivity contribution in [1.82, 2.24) is 14.5 Å². The molecule has 2 saturated heterocycles. The molecular formula is C16H32ClN3O3S. The van der Waals surface area contributed by atoms with Gasteiger partial charge in [-0.15, -0.1) is 12.4 Å². The first-order chi connectivity index (χ1) is 11.0. The Morgan fingerprint density at radius 1 is 1.08 bits per heavy atom. The molecule has 0 atom stereocenters. The number of amides is 1. The standard InChI is InChI=1S/C16H31N3O3S.ClH/c1-3-23(21,22)19-12-7-15(8-13-19)16(20)18-10-5-14(6-11-18)4-9-17-2;/h14-15,17H,3-13H2,1-2H3;1H. The average molecular weight is 382 g/mol. The Morgan fingerprint density at radius 3 is 2.17 bits per heavy atom. The van der Waals surface area contributed by atoms with Gasteiger partial charge in [-0.05, 0) is 58.5 Å². The van der Waals surface area contributed by atoms with Crippen LogP contribution >= 0.6 is 12.4 Å². The van der Waals surface area contributed by atoms with Crippen LogP contribution in [0.4, 0.5) is 0 Å². The summed E-state index contributed by atoms with van der Waals surface area (Å²) in [6.07, 6.45) is 4.70. The molecule has 0 radical (unpaired) electrons. The summed E-state index contributed by atoms with van der Waals surface area (Å²) in [5.74, 6) is 1.12. The molecule has 0 aromatic rings. The summed E-state index contributed by atoms with van der Waals surface area (Å²) in [5.41, 5.74) is 0. The van der Waals surface area contributed by atoms with Crippen LogP contribution in [-0.4, -0.2) is 69.1 Å². The van der Waals surface area contributed by atoms with Crippen LogP contribution in [0, 0.1) is 11.8 Å². The number of likely N-dealkylation sites (tertiary alicyclic amines) is 1. The molecule has 1 amide bonds. The lowest BCUT2D eigenvalue weighted by atomic mass is 9.91. The van der Waals surface area contributed by atoms with Gasteiger partial charge in [-0.3, -0.25) is 4.79 Å². The van der Waals surface area contributed by atoms with E-state index in [0.717, 1.165) is 38.4 Å². The van der Waals surface area contributed by atoms with E-state index < -0.39 is 10.0 Å². The Morgan fingerprint density at radius 2 is 1.67 bits per heavy atom. The van der Waals surface area contributed by atoms with Gasteiger partial charge in [-0.1, -0.05) is 0 Å². The molecule has 2 fully saturated rings. The van der Waals surface area contributed by atoms with Gasteiger partial charge in [0.2, 0.25) is 15.9 Å². The topological polar surface area (TPSA) is 69.7 Å². The molecule has 0 aromatic carbocycles. The summed E-state index contributed by atoms with van der Waals surface area (Å²) in [7, 11) is -1.13. The largest absolute Gasteiger partial charge is 0.342 e. The maximum Gasteiger partial charge on any atom is 0.225 e. The first-order valence-corrected chi connectivity index (χ1v) is 10.5. The van der Waals surface area contributed by atoms with Crippen molar-refractivity contribution in [3.05, 3.63) is 0 Å². The highest BCUT2D eigenvalue weighted by molar-refractivity contribution is 7.89. The fourth-order valence-corrected chi connectivity index (χ4v) is 4.74. The molecule has 8 heteroatoms. The molecule has 0 bridgehead atoms. The Hall–Kier alpha value is -0.370. The van der Waals surface area contributed by atoms with Crippen LogP contribution in [0.1, 0.15) is 39.0 Å². The third kappa shape index (κ3) is 5.58. The first-order valence-electron chi connectivity index (χ1n) is 8.89. The molecular weight excluding hydrogens is 350 g/mol. The van der Waals surface area contributed by atoms with Crippen molar-refractivity contribution in [2.24, 2.45) is 11.8 Å². The third-order valence-corrected chi connectivity index (χ3v) is 7.17. The normalized spacial score (nSPS) is 21.5. The summed E-state index contributed by atoms with van der Waals surface area (Å²) in [5, 5.41) is 3.19. The molecule has 0 spiro atoms. The smallest absolute Gasteiger partial charge is 0.225 e. The fraction of sp³-hybridized carbons (Fsp3) is 0.938. The van der Waals surface area contributed by atoms with Gasteiger partial charge >= 0.3 is 0 Å². The van der Waals surface area contributed by atoms with E-state index in [9.17, 15) is 13.2 Å². The van der Waals surface area contributed by atoms with Crippen molar-refractivity contribution in [3.63, 3.8) is 0 Å². The molecule has 0 saturated carbocycles. The highest BCUT2D eigenvalue weighted by Crippen LogP contribution is 2.26. The van der Waals surface area contributed by atoms with Crippen molar-refractivity contribution >= 4 is 28.3 Å². The summed E-state index contributed by atoms with van der Waals surface area (Å²) in [6.45, 7) is 5.42. The van der Waals surface area contributed by atoms with E-state index >= 15 is 0 Å². The molecule has 0 aliphatic carbocycles. The maximum absolute atomic E-state index is 12.6. The molecule has 2 aliphatic rings. The maximum atomic E-state index is 12.6. The quantitative estimate of drug-likeness (QED) is 0.753. The molecule has 0 unspecified atom stereocenters. The Bertz CT molecular complexity index is 485. The molecule has 0 aromatic heterocycles. The lowest BCUT2D eigenvalue weighted by Crippen LogP contribution is -2.46. The molecule has 1 N–H and O–H groups in total. The fourth-order valence-electron chi connectivity index (χ4n) is 3.61. The summed E-state index contributed by atoms with van der Waals surface area (Å²) >= 11 is 0. The van der Waals surface area contributed by atoms with E-state index in [4.69, 9.17) is 0 Å². The number of nitrogens with one attached hydrogen (secondary N) is 1. The highest BCUT2D eigenvalue weighted by atomic mass is 35.5. The van der Waals surface area contributed by atoms with Crippen LogP contribution in [0.25, 0.3) is 0 Å². The van der Waals surface area contributed by atoms with Gasteiger partial charge in [0.05, 0.1) is 5.75 Å². The lowest BCUT2D eigenvalue weighted by Gasteiger charge is -2.37. The van der Waals surface area contributed by atoms with Crippen LogP contribution in [0.5, 0.6) is 0 Å². The lowest BCUT2D eigenvalue weighted by molar-refractivity contribution is -0.138. The Balaban J connectivity index is 0.00000288. The van der Waals surface area contributed by atoms with Crippen LogP contribution in [0.2, 0.25) is 0 Å². The monoisotopic (exact) mass is 381 g/mol. The van der Waals surface area contributed by atoms with Crippen molar-refractivity contribution in [1.29, 1.82) is 0 Å². The van der Waals surface area contributed by atoms with Crippen LogP contribution in [0.3, 0.4) is 0 Å². The predicted molar refractivity (Wildman–Crippen MR) is 98.9 cm³/mol. The summed E-state index contributed by atoms with van der Waals surface area (Å²) in [6, 6.07) is 0. The average Bonchev–Trinajstić information content (AvgIpc) is 2.60. The third-order valence-electron chi connectivity index (χ3n) is 5.29. The number of hydrogen-bond donors (Lipinski definition) is 1. The van der Waals surface area contributed by atoms with Gasteiger partial charge in [0.15, 0.2) is 0 Å². The van der Waals surface area contributed by atoms with Crippen molar-refractivity contribution < 1.29 is 13.2 Å². The van der Waals surface area contributed by atoms with Crippen LogP contribution in [0.15, 0.2) is 0 Å². The zero-order valence-corrected chi connectivity index (χ0v) is 16.5. The Labute approximate surface area is 152 Å². The minimum absolute atomic E-state index is 0. The number of halogens is 1. The summed E-state index contributed by atoms with van der Waals surface area (Å²) < 4.78 is 25.3. The number of carbonyl (C=O) groups is 1. The molecule has 6 nitrogen and oxygen atoms in total. The molecule has 142 valence electrons. The number of hydrogen-bond acceptors (Lipinski definition) is 4. The SMILES string of the molecule is CCS(=O)(=O)N1CCC(C(=O)N2CCC(CCNC)CC2)CC1.Cl. The first kappa shape index (κ1) is 21.7. The van der Waals surface area contributed by atoms with Gasteiger partial charge in [0.25, 0.3) is 0 Å². The number of carbonyl (C=O) groups excluding carboxylic acids is 1. The van der Waals surface area contributed by atoms with Crippen molar-refractivity contribution in [3.8, 4) is 0 Å². The van der Waals surface area contributed by atoms with Crippen LogP contribution in [-0.2, 0) is 14.8 Å². The van der Waals surface area contributed by atoms with Crippen molar-refractivity contribution in [2.75, 3.05) is 45.5 Å². The molecule has 2 heterocycles. The second kappa shape index (κ2) is 9.94. The van der Waals surface area contributed by atoms with Crippen LogP contribution < -0.4 is 5.32 Å². The Kier molecular flexibility index (Phi) is 8.98. The number of sulfonamides is 1. The van der Waals surface area contributed by atoms with Gasteiger partial charge in [0.1, 0.15) is 0 Å². The van der Waals surface area contributed by atoms with E-state index in [1.54, 1.807) is 11.2 Å². The zero-order chi connectivity index (χ0) is 16.9. The van der Waals surface area contributed by atoms with Gasteiger partial charge in [-0.2, -0.15) is 0 Å². The molecule has 2 rings (SSSR count).